The van der Waals surface area contributed by atoms with Crippen LogP contribution in [-0.4, -0.2) is 34.9 Å². The maximum absolute atomic E-state index is 12.8. The third-order valence-electron chi connectivity index (χ3n) is 5.61. The van der Waals surface area contributed by atoms with E-state index in [0.717, 1.165) is 35.4 Å². The fourth-order valence-electron chi connectivity index (χ4n) is 3.85. The first-order valence-electron chi connectivity index (χ1n) is 10.8. The number of fused-ring (bicyclic) bond motifs is 1. The number of thiophene rings is 1. The minimum Gasteiger partial charge on any atom is -0.437 e. The number of amides is 1. The highest BCUT2D eigenvalue weighted by Gasteiger charge is 2.27. The third kappa shape index (κ3) is 4.59. The highest BCUT2D eigenvalue weighted by Crippen LogP contribution is 2.44. The molecule has 0 radical (unpaired) electrons. The molecule has 4 N–H and O–H groups in total. The zero-order valence-electron chi connectivity index (χ0n) is 19.2. The summed E-state index contributed by atoms with van der Waals surface area (Å²) in [5.41, 5.74) is 2.34. The second-order valence-corrected chi connectivity index (χ2v) is 11.5. The average molecular weight is 514 g/mol. The quantitative estimate of drug-likeness (QED) is 0.361. The van der Waals surface area contributed by atoms with Crippen LogP contribution >= 0.6 is 11.3 Å². The van der Waals surface area contributed by atoms with Crippen molar-refractivity contribution >= 4 is 38.2 Å². The molecule has 0 bridgehead atoms. The van der Waals surface area contributed by atoms with E-state index in [1.165, 1.54) is 10.6 Å². The lowest BCUT2D eigenvalue weighted by Gasteiger charge is -2.09. The topological polar surface area (TPSA) is 149 Å². The van der Waals surface area contributed by atoms with E-state index in [1.54, 1.807) is 25.4 Å². The average Bonchev–Trinajstić information content (AvgIpc) is 3.29. The SMILES string of the molecule is Cc1cc(C)nc(Oc2cc(S(N)(=O)=O)sc2-c2cn(C)c(=O)c3[nH]c(C(=O)NC4CC4)cc23)c1. The molecule has 1 amide bonds. The molecule has 1 aliphatic carbocycles. The molecule has 5 rings (SSSR count). The highest BCUT2D eigenvalue weighted by atomic mass is 32.2. The zero-order valence-corrected chi connectivity index (χ0v) is 20.8. The van der Waals surface area contributed by atoms with Crippen LogP contribution in [0.5, 0.6) is 11.6 Å². The zero-order chi connectivity index (χ0) is 25.1. The molecule has 1 fully saturated rings. The minimum absolute atomic E-state index is 0.101. The number of carbonyl (C=O) groups is 1. The van der Waals surface area contributed by atoms with Crippen molar-refractivity contribution < 1.29 is 17.9 Å². The Labute approximate surface area is 204 Å². The Bertz CT molecular complexity index is 1640. The number of primary sulfonamides is 1. The van der Waals surface area contributed by atoms with Gasteiger partial charge in [-0.05, 0) is 44.4 Å². The molecule has 0 aromatic carbocycles. The molecular weight excluding hydrogens is 490 g/mol. The van der Waals surface area contributed by atoms with E-state index in [-0.39, 0.29) is 38.7 Å². The smallest absolute Gasteiger partial charge is 0.274 e. The largest absolute Gasteiger partial charge is 0.437 e. The summed E-state index contributed by atoms with van der Waals surface area (Å²) in [7, 11) is -2.45. The molecule has 4 heterocycles. The van der Waals surface area contributed by atoms with Gasteiger partial charge in [-0.1, -0.05) is 0 Å². The Hall–Kier alpha value is -3.48. The van der Waals surface area contributed by atoms with Gasteiger partial charge < -0.3 is 19.6 Å². The number of nitrogens with two attached hydrogens (primary N) is 1. The minimum atomic E-state index is -4.03. The molecule has 0 unspecified atom stereocenters. The van der Waals surface area contributed by atoms with Crippen molar-refractivity contribution in [3.8, 4) is 22.1 Å². The Morgan fingerprint density at radius 2 is 2.00 bits per heavy atom. The molecule has 4 aromatic rings. The molecule has 182 valence electrons. The van der Waals surface area contributed by atoms with Crippen molar-refractivity contribution in [1.82, 2.24) is 19.9 Å². The number of nitrogens with one attached hydrogen (secondary N) is 2. The van der Waals surface area contributed by atoms with Crippen LogP contribution in [0.25, 0.3) is 21.3 Å². The standard InChI is InChI=1S/C23H23N5O5S2/c1-11-6-12(2)25-18(7-11)33-17-9-19(35(24,31)32)34-21(17)15-10-28(3)23(30)20-14(15)8-16(27-20)22(29)26-13-4-5-13/h6-10,13,27H,4-5H2,1-3H3,(H,26,29)(H2,24,31,32). The van der Waals surface area contributed by atoms with Crippen molar-refractivity contribution in [3.05, 3.63) is 57.8 Å². The van der Waals surface area contributed by atoms with Crippen LogP contribution < -0.4 is 20.8 Å². The van der Waals surface area contributed by atoms with E-state index < -0.39 is 10.0 Å². The van der Waals surface area contributed by atoms with Gasteiger partial charge in [-0.2, -0.15) is 0 Å². The van der Waals surface area contributed by atoms with E-state index in [0.29, 0.717) is 21.7 Å². The molecule has 0 saturated heterocycles. The van der Waals surface area contributed by atoms with Crippen LogP contribution in [0, 0.1) is 13.8 Å². The summed E-state index contributed by atoms with van der Waals surface area (Å²) in [5, 5.41) is 8.78. The number of aromatic nitrogens is 3. The normalized spacial score (nSPS) is 13.8. The Balaban J connectivity index is 1.69. The van der Waals surface area contributed by atoms with Crippen molar-refractivity contribution in [2.24, 2.45) is 12.2 Å². The number of aryl methyl sites for hydroxylation is 3. The van der Waals surface area contributed by atoms with Gasteiger partial charge in [-0.25, -0.2) is 18.5 Å². The van der Waals surface area contributed by atoms with Crippen molar-refractivity contribution in [2.45, 2.75) is 36.9 Å². The number of ether oxygens (including phenoxy) is 1. The van der Waals surface area contributed by atoms with Gasteiger partial charge in [-0.3, -0.25) is 9.59 Å². The lowest BCUT2D eigenvalue weighted by atomic mass is 10.1. The summed E-state index contributed by atoms with van der Waals surface area (Å²) in [4.78, 5) is 33.2. The fraction of sp³-hybridized carbons (Fsp3) is 0.261. The molecule has 10 nitrogen and oxygen atoms in total. The number of carbonyl (C=O) groups excluding carboxylic acids is 1. The van der Waals surface area contributed by atoms with Gasteiger partial charge in [0.2, 0.25) is 15.9 Å². The van der Waals surface area contributed by atoms with Crippen LogP contribution in [-0.2, 0) is 17.1 Å². The number of hydrogen-bond acceptors (Lipinski definition) is 7. The second kappa shape index (κ2) is 8.33. The first kappa shape index (κ1) is 23.3. The summed E-state index contributed by atoms with van der Waals surface area (Å²) in [6.45, 7) is 3.73. The van der Waals surface area contributed by atoms with Crippen molar-refractivity contribution in [1.29, 1.82) is 0 Å². The fourth-order valence-corrected chi connectivity index (χ4v) is 5.68. The number of aromatic amines is 1. The highest BCUT2D eigenvalue weighted by molar-refractivity contribution is 7.91. The molecule has 35 heavy (non-hydrogen) atoms. The van der Waals surface area contributed by atoms with Crippen LogP contribution in [0.3, 0.4) is 0 Å². The van der Waals surface area contributed by atoms with Gasteiger partial charge in [0.15, 0.2) is 0 Å². The van der Waals surface area contributed by atoms with Gasteiger partial charge in [-0.15, -0.1) is 11.3 Å². The van der Waals surface area contributed by atoms with Gasteiger partial charge in [0.05, 0.1) is 4.88 Å². The number of sulfonamides is 1. The number of hydrogen-bond donors (Lipinski definition) is 3. The molecule has 12 heteroatoms. The number of pyridine rings is 2. The maximum Gasteiger partial charge on any atom is 0.274 e. The van der Waals surface area contributed by atoms with E-state index in [9.17, 15) is 18.0 Å². The Kier molecular flexibility index (Phi) is 5.54. The predicted octanol–water partition coefficient (Wildman–Crippen LogP) is 2.94. The summed E-state index contributed by atoms with van der Waals surface area (Å²) in [5.74, 6) is 0.216. The van der Waals surface area contributed by atoms with Gasteiger partial charge in [0.1, 0.15) is 21.2 Å². The van der Waals surface area contributed by atoms with Crippen LogP contribution in [0.15, 0.2) is 39.5 Å². The summed E-state index contributed by atoms with van der Waals surface area (Å²) in [6, 6.07) is 6.72. The third-order valence-corrected chi connectivity index (χ3v) is 8.18. The molecule has 1 saturated carbocycles. The summed E-state index contributed by atoms with van der Waals surface area (Å²) >= 11 is 0.919. The van der Waals surface area contributed by atoms with Crippen LogP contribution in [0.4, 0.5) is 0 Å². The van der Waals surface area contributed by atoms with Crippen LogP contribution in [0.2, 0.25) is 0 Å². The van der Waals surface area contributed by atoms with Crippen molar-refractivity contribution in [3.63, 3.8) is 0 Å². The second-order valence-electron chi connectivity index (χ2n) is 8.71. The first-order chi connectivity index (χ1) is 16.5. The van der Waals surface area contributed by atoms with E-state index in [1.807, 2.05) is 19.9 Å². The molecular formula is C23H23N5O5S2. The number of rotatable bonds is 6. The van der Waals surface area contributed by atoms with Gasteiger partial charge in [0, 0.05) is 48.1 Å². The van der Waals surface area contributed by atoms with E-state index in [4.69, 9.17) is 9.88 Å². The molecule has 0 atom stereocenters. The maximum atomic E-state index is 12.8. The monoisotopic (exact) mass is 513 g/mol. The lowest BCUT2D eigenvalue weighted by molar-refractivity contribution is 0.0947. The van der Waals surface area contributed by atoms with E-state index in [2.05, 4.69) is 15.3 Å². The Morgan fingerprint density at radius 3 is 2.66 bits per heavy atom. The predicted molar refractivity (Wildman–Crippen MR) is 132 cm³/mol. The lowest BCUT2D eigenvalue weighted by Crippen LogP contribution is -2.25. The summed E-state index contributed by atoms with van der Waals surface area (Å²) < 4.78 is 31.7. The molecule has 4 aromatic heterocycles. The van der Waals surface area contributed by atoms with Gasteiger partial charge >= 0.3 is 0 Å². The number of nitrogens with zero attached hydrogens (tertiary/aromatic N) is 2. The molecule has 0 spiro atoms. The molecule has 1 aliphatic rings. The van der Waals surface area contributed by atoms with Crippen LogP contribution in [0.1, 0.15) is 34.6 Å². The molecule has 0 aliphatic heterocycles. The number of H-pyrrole nitrogens is 1. The first-order valence-corrected chi connectivity index (χ1v) is 13.2. The summed E-state index contributed by atoms with van der Waals surface area (Å²) in [6.07, 6.45) is 3.44. The Morgan fingerprint density at radius 1 is 1.26 bits per heavy atom. The van der Waals surface area contributed by atoms with Crippen molar-refractivity contribution in [2.75, 3.05) is 0 Å². The van der Waals surface area contributed by atoms with Gasteiger partial charge in [0.25, 0.3) is 11.5 Å². The van der Waals surface area contributed by atoms with E-state index >= 15 is 0 Å².